The molecule has 0 fully saturated rings. The van der Waals surface area contributed by atoms with Crippen molar-refractivity contribution in [2.75, 3.05) is 19.6 Å². The molecule has 1 unspecified atom stereocenters. The third-order valence-electron chi connectivity index (χ3n) is 5.94. The van der Waals surface area contributed by atoms with E-state index in [9.17, 15) is 18.0 Å². The van der Waals surface area contributed by atoms with Crippen LogP contribution in [-0.4, -0.2) is 36.8 Å². The molecule has 0 aliphatic carbocycles. The molecule has 0 spiro atoms. The van der Waals surface area contributed by atoms with E-state index in [4.69, 9.17) is 23.2 Å². The third kappa shape index (κ3) is 9.21. The van der Waals surface area contributed by atoms with Crippen LogP contribution in [0.2, 0.25) is 10.0 Å². The number of alkyl halides is 3. The van der Waals surface area contributed by atoms with Crippen LogP contribution < -0.4 is 10.1 Å². The minimum absolute atomic E-state index is 0.0549. The molecule has 194 valence electrons. The SMILES string of the molecule is CCCCN(CCC)CCC(C)(C(=O)NCc1cccc(OC(F)(F)F)c1)c1ccc(Cl)c(Cl)c1. The van der Waals surface area contributed by atoms with Crippen LogP contribution >= 0.6 is 23.2 Å². The summed E-state index contributed by atoms with van der Waals surface area (Å²) < 4.78 is 41.7. The molecule has 0 aromatic heterocycles. The number of amides is 1. The summed E-state index contributed by atoms with van der Waals surface area (Å²) in [5.41, 5.74) is 0.296. The Labute approximate surface area is 215 Å². The Morgan fingerprint density at radius 1 is 1.00 bits per heavy atom. The lowest BCUT2D eigenvalue weighted by molar-refractivity contribution is -0.274. The fourth-order valence-electron chi connectivity index (χ4n) is 3.87. The summed E-state index contributed by atoms with van der Waals surface area (Å²) in [4.78, 5) is 15.9. The number of carbonyl (C=O) groups excluding carboxylic acids is 1. The second kappa shape index (κ2) is 13.4. The van der Waals surface area contributed by atoms with Gasteiger partial charge in [0.15, 0.2) is 0 Å². The zero-order valence-electron chi connectivity index (χ0n) is 20.4. The van der Waals surface area contributed by atoms with Gasteiger partial charge in [0.1, 0.15) is 5.75 Å². The highest BCUT2D eigenvalue weighted by atomic mass is 35.5. The van der Waals surface area contributed by atoms with Crippen molar-refractivity contribution in [3.8, 4) is 5.75 Å². The van der Waals surface area contributed by atoms with Crippen LogP contribution in [-0.2, 0) is 16.8 Å². The van der Waals surface area contributed by atoms with Crippen molar-refractivity contribution in [2.24, 2.45) is 0 Å². The Morgan fingerprint density at radius 2 is 1.74 bits per heavy atom. The number of unbranched alkanes of at least 4 members (excludes halogenated alkanes) is 1. The van der Waals surface area contributed by atoms with Crippen LogP contribution in [0.15, 0.2) is 42.5 Å². The Morgan fingerprint density at radius 3 is 2.37 bits per heavy atom. The maximum Gasteiger partial charge on any atom is 0.573 e. The van der Waals surface area contributed by atoms with Gasteiger partial charge in [-0.25, -0.2) is 0 Å². The predicted molar refractivity (Wildman–Crippen MR) is 135 cm³/mol. The van der Waals surface area contributed by atoms with Crippen LogP contribution in [0.1, 0.15) is 57.6 Å². The van der Waals surface area contributed by atoms with E-state index in [0.29, 0.717) is 28.6 Å². The smallest absolute Gasteiger partial charge is 0.406 e. The fourth-order valence-corrected chi connectivity index (χ4v) is 4.17. The van der Waals surface area contributed by atoms with Crippen molar-refractivity contribution >= 4 is 29.1 Å². The molecule has 0 saturated heterocycles. The number of benzene rings is 2. The first-order valence-corrected chi connectivity index (χ1v) is 12.5. The zero-order valence-corrected chi connectivity index (χ0v) is 21.9. The number of ether oxygens (including phenoxy) is 1. The van der Waals surface area contributed by atoms with E-state index < -0.39 is 11.8 Å². The number of hydrogen-bond donors (Lipinski definition) is 1. The minimum atomic E-state index is -4.78. The lowest BCUT2D eigenvalue weighted by Crippen LogP contribution is -2.44. The molecular weight excluding hydrogens is 500 g/mol. The van der Waals surface area contributed by atoms with Crippen molar-refractivity contribution in [1.29, 1.82) is 0 Å². The zero-order chi connectivity index (χ0) is 26.1. The van der Waals surface area contributed by atoms with Crippen molar-refractivity contribution < 1.29 is 22.7 Å². The van der Waals surface area contributed by atoms with Crippen LogP contribution in [0, 0.1) is 0 Å². The monoisotopic (exact) mass is 532 g/mol. The van der Waals surface area contributed by atoms with E-state index in [0.717, 1.165) is 37.9 Å². The highest BCUT2D eigenvalue weighted by molar-refractivity contribution is 6.42. The summed E-state index contributed by atoms with van der Waals surface area (Å²) >= 11 is 12.4. The number of carbonyl (C=O) groups is 1. The maximum absolute atomic E-state index is 13.5. The topological polar surface area (TPSA) is 41.6 Å². The quantitative estimate of drug-likeness (QED) is 0.292. The van der Waals surface area contributed by atoms with Gasteiger partial charge in [0.25, 0.3) is 0 Å². The second-order valence-electron chi connectivity index (χ2n) is 8.78. The van der Waals surface area contributed by atoms with Crippen molar-refractivity contribution in [2.45, 2.75) is 64.8 Å². The van der Waals surface area contributed by atoms with E-state index >= 15 is 0 Å². The number of nitrogens with one attached hydrogen (secondary N) is 1. The first-order chi connectivity index (χ1) is 16.5. The molecule has 9 heteroatoms. The highest BCUT2D eigenvalue weighted by Crippen LogP contribution is 2.33. The van der Waals surface area contributed by atoms with Gasteiger partial charge in [0, 0.05) is 6.54 Å². The molecule has 0 aliphatic heterocycles. The molecule has 35 heavy (non-hydrogen) atoms. The van der Waals surface area contributed by atoms with E-state index in [2.05, 4.69) is 28.8 Å². The van der Waals surface area contributed by atoms with Gasteiger partial charge < -0.3 is 15.0 Å². The Hall–Kier alpha value is -1.96. The number of rotatable bonds is 13. The summed E-state index contributed by atoms with van der Waals surface area (Å²) in [6, 6.07) is 10.7. The molecule has 0 bridgehead atoms. The third-order valence-corrected chi connectivity index (χ3v) is 6.68. The molecule has 0 saturated carbocycles. The first kappa shape index (κ1) is 29.3. The van der Waals surface area contributed by atoms with Crippen molar-refractivity contribution in [3.63, 3.8) is 0 Å². The van der Waals surface area contributed by atoms with Gasteiger partial charge >= 0.3 is 6.36 Å². The summed E-state index contributed by atoms with van der Waals surface area (Å²) in [6.07, 6.45) is -1.07. The molecule has 2 aromatic carbocycles. The average Bonchev–Trinajstić information content (AvgIpc) is 2.80. The highest BCUT2D eigenvalue weighted by Gasteiger charge is 2.36. The fraction of sp³-hybridized carbons (Fsp3) is 0.500. The standard InChI is InChI=1S/C26H33Cl2F3N2O2/c1-4-6-14-33(13-5-2)15-12-25(3,20-10-11-22(27)23(28)17-20)24(34)32-18-19-8-7-9-21(16-19)35-26(29,30)31/h7-11,16-17H,4-6,12-15,18H2,1-3H3,(H,32,34). The van der Waals surface area contributed by atoms with Gasteiger partial charge in [-0.05, 0) is 81.2 Å². The van der Waals surface area contributed by atoms with Crippen molar-refractivity contribution in [3.05, 3.63) is 63.6 Å². The van der Waals surface area contributed by atoms with Crippen LogP contribution in [0.5, 0.6) is 5.75 Å². The van der Waals surface area contributed by atoms with Gasteiger partial charge in [-0.3, -0.25) is 4.79 Å². The van der Waals surface area contributed by atoms with Gasteiger partial charge in [0.05, 0.1) is 15.5 Å². The molecule has 1 amide bonds. The Bertz CT molecular complexity index is 972. The van der Waals surface area contributed by atoms with Gasteiger partial charge in [0.2, 0.25) is 5.91 Å². The normalized spacial score (nSPS) is 13.5. The molecular formula is C26H33Cl2F3N2O2. The van der Waals surface area contributed by atoms with Crippen LogP contribution in [0.3, 0.4) is 0 Å². The predicted octanol–water partition coefficient (Wildman–Crippen LogP) is 7.37. The lowest BCUT2D eigenvalue weighted by Gasteiger charge is -2.32. The summed E-state index contributed by atoms with van der Waals surface area (Å²) in [5.74, 6) is -0.576. The van der Waals surface area contributed by atoms with Gasteiger partial charge in [-0.2, -0.15) is 0 Å². The van der Waals surface area contributed by atoms with Gasteiger partial charge in [-0.15, -0.1) is 13.2 Å². The molecule has 0 heterocycles. The molecule has 2 rings (SSSR count). The molecule has 2 aromatic rings. The van der Waals surface area contributed by atoms with Crippen LogP contribution in [0.25, 0.3) is 0 Å². The average molecular weight is 533 g/mol. The van der Waals surface area contributed by atoms with E-state index in [1.54, 1.807) is 24.3 Å². The summed E-state index contributed by atoms with van der Waals surface area (Å²) in [7, 11) is 0. The minimum Gasteiger partial charge on any atom is -0.406 e. The van der Waals surface area contributed by atoms with Crippen molar-refractivity contribution in [1.82, 2.24) is 10.2 Å². The second-order valence-corrected chi connectivity index (χ2v) is 9.60. The summed E-state index contributed by atoms with van der Waals surface area (Å²) in [6.45, 7) is 8.79. The Balaban J connectivity index is 2.23. The van der Waals surface area contributed by atoms with E-state index in [1.165, 1.54) is 18.2 Å². The largest absolute Gasteiger partial charge is 0.573 e. The van der Waals surface area contributed by atoms with Gasteiger partial charge in [-0.1, -0.05) is 61.7 Å². The summed E-state index contributed by atoms with van der Waals surface area (Å²) in [5, 5.41) is 3.65. The van der Waals surface area contributed by atoms with Crippen LogP contribution in [0.4, 0.5) is 13.2 Å². The molecule has 1 N–H and O–H groups in total. The lowest BCUT2D eigenvalue weighted by atomic mass is 9.78. The van der Waals surface area contributed by atoms with E-state index in [-0.39, 0.29) is 18.2 Å². The number of hydrogen-bond acceptors (Lipinski definition) is 3. The number of nitrogens with zero attached hydrogens (tertiary/aromatic N) is 1. The molecule has 0 aliphatic rings. The van der Waals surface area contributed by atoms with E-state index in [1.807, 2.05) is 6.92 Å². The maximum atomic E-state index is 13.5. The molecule has 4 nitrogen and oxygen atoms in total. The molecule has 0 radical (unpaired) electrons. The first-order valence-electron chi connectivity index (χ1n) is 11.8. The molecule has 1 atom stereocenters. The Kier molecular flexibility index (Phi) is 11.2. The number of halogens is 5.